The summed E-state index contributed by atoms with van der Waals surface area (Å²) >= 11 is 0. The molecule has 160 valence electrons. The second kappa shape index (κ2) is 8.04. The van der Waals surface area contributed by atoms with Gasteiger partial charge in [0.1, 0.15) is 34.4 Å². The molecule has 0 spiro atoms. The molecule has 0 bridgehead atoms. The second-order valence-electron chi connectivity index (χ2n) is 7.54. The molecule has 0 fully saturated rings. The average molecular weight is 470 g/mol. The minimum atomic E-state index is 0.0134. The van der Waals surface area contributed by atoms with Crippen molar-refractivity contribution in [3.05, 3.63) is 60.9 Å². The number of imidazole rings is 2. The van der Waals surface area contributed by atoms with Crippen molar-refractivity contribution in [1.29, 1.82) is 0 Å². The van der Waals surface area contributed by atoms with Gasteiger partial charge in [-0.3, -0.25) is 9.59 Å². The number of nitrogens with one attached hydrogen (secondary N) is 2. The topological polar surface area (TPSA) is 105 Å². The van der Waals surface area contributed by atoms with E-state index in [1.807, 2.05) is 18.2 Å². The van der Waals surface area contributed by atoms with Crippen molar-refractivity contribution in [2.24, 2.45) is 0 Å². The van der Waals surface area contributed by atoms with E-state index in [1.54, 1.807) is 12.4 Å². The maximum atomic E-state index is 10.7. The number of aromatic nitrogens is 4. The number of aromatic amines is 2. The van der Waals surface area contributed by atoms with Gasteiger partial charge >= 0.3 is 0 Å². The van der Waals surface area contributed by atoms with Crippen molar-refractivity contribution >= 4 is 73.1 Å². The highest BCUT2D eigenvalue weighted by molar-refractivity contribution is 7.62. The molecule has 2 atom stereocenters. The zero-order valence-corrected chi connectivity index (χ0v) is 19.0. The van der Waals surface area contributed by atoms with E-state index in [2.05, 4.69) is 50.3 Å². The highest BCUT2D eigenvalue weighted by atomic mass is 31.1. The smallest absolute Gasteiger partial charge is 0.146 e. The summed E-state index contributed by atoms with van der Waals surface area (Å²) in [5.41, 5.74) is 6.64. The average Bonchev–Trinajstić information content (AvgIpc) is 3.56. The number of benzene rings is 3. The van der Waals surface area contributed by atoms with E-state index in [9.17, 15) is 9.59 Å². The third-order valence-corrected chi connectivity index (χ3v) is 6.89. The molecule has 9 heteroatoms. The van der Waals surface area contributed by atoms with Crippen molar-refractivity contribution in [3.63, 3.8) is 0 Å². The lowest BCUT2D eigenvalue weighted by molar-refractivity contribution is 0.569. The Bertz CT molecular complexity index is 1630. The predicted octanol–water partition coefficient (Wildman–Crippen LogP) is 4.51. The zero-order chi connectivity index (χ0) is 22.4. The van der Waals surface area contributed by atoms with Gasteiger partial charge < -0.3 is 14.4 Å². The van der Waals surface area contributed by atoms with Crippen LogP contribution in [-0.2, 0) is 9.59 Å². The van der Waals surface area contributed by atoms with E-state index in [1.165, 1.54) is 0 Å². The Balaban J connectivity index is 1.42. The van der Waals surface area contributed by atoms with Gasteiger partial charge in [-0.2, -0.15) is 0 Å². The summed E-state index contributed by atoms with van der Waals surface area (Å²) in [6.45, 7) is 0. The van der Waals surface area contributed by atoms with Gasteiger partial charge in [-0.25, -0.2) is 9.97 Å². The molecule has 2 unspecified atom stereocenters. The van der Waals surface area contributed by atoms with Gasteiger partial charge in [0.25, 0.3) is 0 Å². The van der Waals surface area contributed by atoms with E-state index in [-0.39, 0.29) is 17.2 Å². The van der Waals surface area contributed by atoms with E-state index in [4.69, 9.17) is 4.42 Å². The SMILES string of the molecule is O=CPc1ncc(-c2ccc3cc4c(cc3c2)oc2cc(-c3cnc(PC=O)[nH]3)ccc24)[nH]1. The minimum absolute atomic E-state index is 0.0134. The standard InChI is InChI=1S/C24H16N4O3P2/c29-11-32-23-25-9-19(27-23)14-2-1-13-6-18-17-4-3-15(20-10-26-24(28-20)33-12-30)7-21(17)31-22(18)8-16(13)5-14/h1-12,32-33H,(H,25,27)(H,26,28). The molecule has 3 heterocycles. The first kappa shape index (κ1) is 20.0. The molecule has 6 rings (SSSR count). The fourth-order valence-corrected chi connectivity index (χ4v) is 4.96. The second-order valence-corrected chi connectivity index (χ2v) is 9.53. The Labute approximate surface area is 190 Å². The number of hydrogen-bond acceptors (Lipinski definition) is 5. The summed E-state index contributed by atoms with van der Waals surface area (Å²) in [5, 5.41) is 4.27. The Morgan fingerprint density at radius 2 is 1.33 bits per heavy atom. The molecular formula is C24H16N4O3P2. The summed E-state index contributed by atoms with van der Waals surface area (Å²) in [5.74, 6) is 0. The molecule has 0 radical (unpaired) electrons. The highest BCUT2D eigenvalue weighted by Gasteiger charge is 2.12. The van der Waals surface area contributed by atoms with Crippen molar-refractivity contribution in [2.75, 3.05) is 0 Å². The van der Waals surface area contributed by atoms with Crippen molar-refractivity contribution < 1.29 is 14.0 Å². The van der Waals surface area contributed by atoms with Crippen LogP contribution in [0, 0.1) is 0 Å². The van der Waals surface area contributed by atoms with Gasteiger partial charge in [-0.1, -0.05) is 18.2 Å². The summed E-state index contributed by atoms with van der Waals surface area (Å²) in [7, 11) is 0.0344. The molecule has 0 aliphatic rings. The Hall–Kier alpha value is -3.66. The van der Waals surface area contributed by atoms with Crippen LogP contribution in [0.3, 0.4) is 0 Å². The van der Waals surface area contributed by atoms with Crippen LogP contribution in [0.4, 0.5) is 0 Å². The largest absolute Gasteiger partial charge is 0.456 e. The molecular weight excluding hydrogens is 454 g/mol. The number of fused-ring (bicyclic) bond motifs is 4. The minimum Gasteiger partial charge on any atom is -0.456 e. The number of carbonyl (C=O) groups excluding carboxylic acids is 2. The number of nitrogens with zero attached hydrogens (tertiary/aromatic N) is 2. The molecule has 0 amide bonds. The normalized spacial score (nSPS) is 12.2. The first-order valence-corrected chi connectivity index (χ1v) is 12.3. The van der Waals surface area contributed by atoms with Crippen LogP contribution in [-0.4, -0.2) is 32.0 Å². The van der Waals surface area contributed by atoms with Crippen LogP contribution in [0.2, 0.25) is 0 Å². The van der Waals surface area contributed by atoms with E-state index < -0.39 is 0 Å². The summed E-state index contributed by atoms with van der Waals surface area (Å²) < 4.78 is 6.21. The monoisotopic (exact) mass is 470 g/mol. The van der Waals surface area contributed by atoms with Gasteiger partial charge in [0.05, 0.1) is 23.8 Å². The summed E-state index contributed by atoms with van der Waals surface area (Å²) in [6, 6.07) is 18.2. The maximum Gasteiger partial charge on any atom is 0.146 e. The zero-order valence-electron chi connectivity index (χ0n) is 17.0. The third kappa shape index (κ3) is 3.56. The Morgan fingerprint density at radius 3 is 2.03 bits per heavy atom. The highest BCUT2D eigenvalue weighted by Crippen LogP contribution is 2.35. The molecule has 0 aliphatic carbocycles. The summed E-state index contributed by atoms with van der Waals surface area (Å²) in [4.78, 5) is 36.4. The number of furan rings is 1. The Kier molecular flexibility index (Phi) is 4.87. The molecule has 0 saturated heterocycles. The van der Waals surface area contributed by atoms with Gasteiger partial charge in [-0.15, -0.1) is 0 Å². The number of H-pyrrole nitrogens is 2. The maximum absolute atomic E-state index is 10.7. The lowest BCUT2D eigenvalue weighted by Gasteiger charge is -2.02. The lowest BCUT2D eigenvalue weighted by atomic mass is 10.0. The predicted molar refractivity (Wildman–Crippen MR) is 136 cm³/mol. The molecule has 7 nitrogen and oxygen atoms in total. The first-order chi connectivity index (χ1) is 16.2. The molecule has 6 aromatic rings. The quantitative estimate of drug-likeness (QED) is 0.275. The molecule has 0 aliphatic heterocycles. The van der Waals surface area contributed by atoms with Gasteiger partial charge in [0, 0.05) is 39.1 Å². The summed E-state index contributed by atoms with van der Waals surface area (Å²) in [6.07, 6.45) is 3.49. The molecule has 33 heavy (non-hydrogen) atoms. The number of hydrogen-bond donors (Lipinski definition) is 2. The van der Waals surface area contributed by atoms with Gasteiger partial charge in [0.2, 0.25) is 0 Å². The molecule has 2 N–H and O–H groups in total. The van der Waals surface area contributed by atoms with Crippen LogP contribution >= 0.6 is 17.2 Å². The van der Waals surface area contributed by atoms with Crippen LogP contribution in [0.1, 0.15) is 0 Å². The first-order valence-electron chi connectivity index (χ1n) is 10.1. The van der Waals surface area contributed by atoms with Crippen LogP contribution in [0.15, 0.2) is 65.3 Å². The van der Waals surface area contributed by atoms with Crippen molar-refractivity contribution in [3.8, 4) is 22.5 Å². The van der Waals surface area contributed by atoms with E-state index in [0.717, 1.165) is 67.3 Å². The fraction of sp³-hybridized carbons (Fsp3) is 0. The van der Waals surface area contributed by atoms with Gasteiger partial charge in [0.15, 0.2) is 0 Å². The number of rotatable bonds is 6. The van der Waals surface area contributed by atoms with Crippen LogP contribution in [0.5, 0.6) is 0 Å². The lowest BCUT2D eigenvalue weighted by Crippen LogP contribution is -1.97. The molecule has 3 aromatic heterocycles. The molecule has 0 saturated carbocycles. The van der Waals surface area contributed by atoms with Crippen molar-refractivity contribution in [2.45, 2.75) is 0 Å². The van der Waals surface area contributed by atoms with Crippen LogP contribution in [0.25, 0.3) is 55.2 Å². The fourth-order valence-electron chi connectivity index (χ4n) is 4.05. The van der Waals surface area contributed by atoms with Crippen LogP contribution < -0.4 is 11.1 Å². The van der Waals surface area contributed by atoms with E-state index >= 15 is 0 Å². The van der Waals surface area contributed by atoms with Crippen molar-refractivity contribution in [1.82, 2.24) is 19.9 Å². The van der Waals surface area contributed by atoms with E-state index in [0.29, 0.717) is 11.1 Å². The molecule has 3 aromatic carbocycles. The third-order valence-electron chi connectivity index (χ3n) is 5.60. The van der Waals surface area contributed by atoms with Gasteiger partial charge in [-0.05, 0) is 41.1 Å². The number of carbonyl (C=O) groups is 2. The Morgan fingerprint density at radius 1 is 0.697 bits per heavy atom.